The van der Waals surface area contributed by atoms with E-state index >= 15 is 0 Å². The highest BCUT2D eigenvalue weighted by atomic mass is 16.5. The third-order valence-electron chi connectivity index (χ3n) is 4.69. The molecule has 0 unspecified atom stereocenters. The van der Waals surface area contributed by atoms with Crippen molar-refractivity contribution in [3.63, 3.8) is 0 Å². The first-order valence-electron chi connectivity index (χ1n) is 8.73. The van der Waals surface area contributed by atoms with Crippen LogP contribution in [-0.2, 0) is 17.8 Å². The average Bonchev–Trinajstić information content (AvgIpc) is 2.60. The Hall–Kier alpha value is -2.80. The van der Waals surface area contributed by atoms with Gasteiger partial charge in [0.25, 0.3) is 0 Å². The zero-order chi connectivity index (χ0) is 17.5. The summed E-state index contributed by atoms with van der Waals surface area (Å²) in [6.07, 6.45) is 4.21. The van der Waals surface area contributed by atoms with Crippen LogP contribution in [0.4, 0.5) is 4.79 Å². The topological polar surface area (TPSA) is 62.1 Å². The van der Waals surface area contributed by atoms with Crippen LogP contribution >= 0.6 is 0 Å². The lowest BCUT2D eigenvalue weighted by Crippen LogP contribution is -2.26. The second-order valence-electron chi connectivity index (χ2n) is 6.43. The summed E-state index contributed by atoms with van der Waals surface area (Å²) in [6.45, 7) is 0.791. The molecule has 2 aromatic rings. The van der Waals surface area contributed by atoms with Gasteiger partial charge in [-0.15, -0.1) is 0 Å². The number of alkyl carbamates (subject to hydrolysis) is 1. The van der Waals surface area contributed by atoms with Gasteiger partial charge in [-0.3, -0.25) is 0 Å². The fraction of sp³-hybridized carbons (Fsp3) is 0.333. The second kappa shape index (κ2) is 8.34. The van der Waals surface area contributed by atoms with Crippen molar-refractivity contribution in [2.45, 2.75) is 38.2 Å². The Morgan fingerprint density at radius 3 is 2.36 bits per heavy atom. The summed E-state index contributed by atoms with van der Waals surface area (Å²) in [4.78, 5) is 11.8. The van der Waals surface area contributed by atoms with Crippen molar-refractivity contribution < 1.29 is 9.53 Å². The third kappa shape index (κ3) is 4.84. The van der Waals surface area contributed by atoms with E-state index in [1.54, 1.807) is 12.1 Å². The Bertz CT molecular complexity index is 741. The van der Waals surface area contributed by atoms with Crippen molar-refractivity contribution in [1.29, 1.82) is 5.26 Å². The van der Waals surface area contributed by atoms with Crippen LogP contribution in [0.2, 0.25) is 0 Å². The highest BCUT2D eigenvalue weighted by molar-refractivity contribution is 5.67. The maximum absolute atomic E-state index is 11.8. The van der Waals surface area contributed by atoms with Crippen LogP contribution in [0, 0.1) is 11.3 Å². The molecule has 0 bridgehead atoms. The number of rotatable bonds is 6. The fourth-order valence-electron chi connectivity index (χ4n) is 2.88. The number of ether oxygens (including phenoxy) is 1. The molecule has 0 saturated heterocycles. The van der Waals surface area contributed by atoms with Gasteiger partial charge in [-0.05, 0) is 54.0 Å². The Morgan fingerprint density at radius 2 is 1.76 bits per heavy atom. The lowest BCUT2D eigenvalue weighted by molar-refractivity contribution is 0.140. The van der Waals surface area contributed by atoms with Crippen molar-refractivity contribution in [2.24, 2.45) is 0 Å². The van der Waals surface area contributed by atoms with Crippen LogP contribution in [0.3, 0.4) is 0 Å². The first-order valence-corrected chi connectivity index (χ1v) is 8.73. The number of nitrogens with one attached hydrogen (secondary N) is 1. The van der Waals surface area contributed by atoms with Gasteiger partial charge in [-0.25, -0.2) is 4.79 Å². The molecule has 4 heteroatoms. The van der Waals surface area contributed by atoms with Gasteiger partial charge in [-0.1, -0.05) is 42.8 Å². The van der Waals surface area contributed by atoms with Gasteiger partial charge in [0, 0.05) is 6.54 Å². The van der Waals surface area contributed by atoms with E-state index in [0.717, 1.165) is 17.0 Å². The molecular formula is C21H22N2O2. The molecule has 1 saturated carbocycles. The molecular weight excluding hydrogens is 312 g/mol. The molecule has 0 aromatic heterocycles. The van der Waals surface area contributed by atoms with Crippen LogP contribution < -0.4 is 5.32 Å². The monoisotopic (exact) mass is 334 g/mol. The van der Waals surface area contributed by atoms with Crippen molar-refractivity contribution in [2.75, 3.05) is 6.54 Å². The Morgan fingerprint density at radius 1 is 1.08 bits per heavy atom. The Labute approximate surface area is 148 Å². The molecule has 0 heterocycles. The van der Waals surface area contributed by atoms with E-state index in [1.165, 1.54) is 24.8 Å². The van der Waals surface area contributed by atoms with Gasteiger partial charge in [0.2, 0.25) is 0 Å². The Balaban J connectivity index is 1.36. The third-order valence-corrected chi connectivity index (χ3v) is 4.69. The smallest absolute Gasteiger partial charge is 0.407 e. The van der Waals surface area contributed by atoms with E-state index in [-0.39, 0.29) is 6.61 Å². The zero-order valence-electron chi connectivity index (χ0n) is 14.2. The van der Waals surface area contributed by atoms with Crippen molar-refractivity contribution in [3.8, 4) is 6.07 Å². The molecule has 0 atom stereocenters. The molecule has 0 spiro atoms. The molecule has 128 valence electrons. The number of benzene rings is 2. The molecule has 1 aliphatic rings. The van der Waals surface area contributed by atoms with E-state index < -0.39 is 6.09 Å². The standard InChI is InChI=1S/C21H22N2O2/c22-14-17-6-4-16(5-7-17)12-13-23-21(24)25-15-18-8-10-20(11-9-18)19-2-1-3-19/h4-11,19H,1-3,12-13,15H2,(H,23,24). The predicted molar refractivity (Wildman–Crippen MR) is 96.1 cm³/mol. The van der Waals surface area contributed by atoms with E-state index in [2.05, 4.69) is 23.5 Å². The molecule has 3 rings (SSSR count). The van der Waals surface area contributed by atoms with Gasteiger partial charge in [0.15, 0.2) is 0 Å². The maximum atomic E-state index is 11.8. The van der Waals surface area contributed by atoms with Crippen molar-refractivity contribution >= 4 is 6.09 Å². The summed E-state index contributed by atoms with van der Waals surface area (Å²) in [5, 5.41) is 11.5. The highest BCUT2D eigenvalue weighted by Crippen LogP contribution is 2.36. The van der Waals surface area contributed by atoms with Crippen molar-refractivity contribution in [3.05, 3.63) is 70.8 Å². The molecule has 2 aromatic carbocycles. The number of nitriles is 1. The average molecular weight is 334 g/mol. The number of nitrogens with zero attached hydrogens (tertiary/aromatic N) is 1. The summed E-state index contributed by atoms with van der Waals surface area (Å²) in [5.41, 5.74) is 4.11. The van der Waals surface area contributed by atoms with Gasteiger partial charge in [-0.2, -0.15) is 5.26 Å². The fourth-order valence-corrected chi connectivity index (χ4v) is 2.88. The molecule has 1 amide bonds. The summed E-state index contributed by atoms with van der Waals surface area (Å²) in [7, 11) is 0. The van der Waals surface area contributed by atoms with Crippen LogP contribution in [0.15, 0.2) is 48.5 Å². The van der Waals surface area contributed by atoms with Crippen LogP contribution in [0.1, 0.15) is 47.4 Å². The SMILES string of the molecule is N#Cc1ccc(CCNC(=O)OCc2ccc(C3CCC3)cc2)cc1. The number of hydrogen-bond donors (Lipinski definition) is 1. The van der Waals surface area contributed by atoms with Gasteiger partial charge >= 0.3 is 6.09 Å². The molecule has 0 aliphatic heterocycles. The molecule has 4 nitrogen and oxygen atoms in total. The maximum Gasteiger partial charge on any atom is 0.407 e. The number of carbonyl (C=O) groups excluding carboxylic acids is 1. The van der Waals surface area contributed by atoms with Crippen LogP contribution in [-0.4, -0.2) is 12.6 Å². The first-order chi connectivity index (χ1) is 12.2. The largest absolute Gasteiger partial charge is 0.445 e. The van der Waals surface area contributed by atoms with Gasteiger partial charge < -0.3 is 10.1 Å². The van der Waals surface area contributed by atoms with Crippen LogP contribution in [0.25, 0.3) is 0 Å². The van der Waals surface area contributed by atoms with Crippen molar-refractivity contribution in [1.82, 2.24) is 5.32 Å². The minimum atomic E-state index is -0.406. The van der Waals surface area contributed by atoms with E-state index in [1.807, 2.05) is 24.3 Å². The van der Waals surface area contributed by atoms with E-state index in [0.29, 0.717) is 18.5 Å². The van der Waals surface area contributed by atoms with Gasteiger partial charge in [0.1, 0.15) is 6.61 Å². The van der Waals surface area contributed by atoms with E-state index in [4.69, 9.17) is 10.00 Å². The quantitative estimate of drug-likeness (QED) is 0.857. The molecule has 25 heavy (non-hydrogen) atoms. The summed E-state index contributed by atoms with van der Waals surface area (Å²) < 4.78 is 5.25. The summed E-state index contributed by atoms with van der Waals surface area (Å²) in [5.74, 6) is 0.723. The van der Waals surface area contributed by atoms with Crippen LogP contribution in [0.5, 0.6) is 0 Å². The minimum absolute atomic E-state index is 0.285. The first kappa shape index (κ1) is 17.0. The molecule has 1 aliphatic carbocycles. The van der Waals surface area contributed by atoms with E-state index in [9.17, 15) is 4.79 Å². The summed E-state index contributed by atoms with van der Waals surface area (Å²) in [6, 6.07) is 17.8. The second-order valence-corrected chi connectivity index (χ2v) is 6.43. The Kier molecular flexibility index (Phi) is 5.69. The number of amides is 1. The summed E-state index contributed by atoms with van der Waals surface area (Å²) >= 11 is 0. The molecule has 1 N–H and O–H groups in total. The highest BCUT2D eigenvalue weighted by Gasteiger charge is 2.18. The molecule has 0 radical (unpaired) electrons. The lowest BCUT2D eigenvalue weighted by atomic mass is 9.80. The number of carbonyl (C=O) groups is 1. The van der Waals surface area contributed by atoms with Gasteiger partial charge in [0.05, 0.1) is 11.6 Å². The lowest BCUT2D eigenvalue weighted by Gasteiger charge is -2.25. The molecule has 1 fully saturated rings. The predicted octanol–water partition coefficient (Wildman–Crippen LogP) is 4.29. The number of hydrogen-bond acceptors (Lipinski definition) is 3. The normalized spacial score (nSPS) is 13.6. The zero-order valence-corrected chi connectivity index (χ0v) is 14.2. The minimum Gasteiger partial charge on any atom is -0.445 e.